The molecule has 112 valence electrons. The Kier molecular flexibility index (Phi) is 6.83. The van der Waals surface area contributed by atoms with Crippen molar-refractivity contribution in [1.29, 1.82) is 0 Å². The molecule has 1 saturated heterocycles. The van der Waals surface area contributed by atoms with Crippen LogP contribution in [0.3, 0.4) is 0 Å². The van der Waals surface area contributed by atoms with Gasteiger partial charge in [-0.2, -0.15) is 0 Å². The Morgan fingerprint density at radius 3 is 2.80 bits per heavy atom. The van der Waals surface area contributed by atoms with Crippen LogP contribution in [0.2, 0.25) is 0 Å². The Morgan fingerprint density at radius 2 is 2.10 bits per heavy atom. The summed E-state index contributed by atoms with van der Waals surface area (Å²) in [6.07, 6.45) is 3.82. The molecule has 1 fully saturated rings. The molecule has 20 heavy (non-hydrogen) atoms. The first-order valence-electron chi connectivity index (χ1n) is 7.64. The number of halogens is 1. The average molecular weight is 341 g/mol. The Bertz CT molecular complexity index is 405. The van der Waals surface area contributed by atoms with Crippen LogP contribution in [-0.4, -0.2) is 37.7 Å². The molecule has 3 nitrogen and oxygen atoms in total. The number of nitrogens with zero attached hydrogens (tertiary/aromatic N) is 1. The van der Waals surface area contributed by atoms with Crippen molar-refractivity contribution in [2.75, 3.05) is 32.8 Å². The van der Waals surface area contributed by atoms with Gasteiger partial charge in [0.15, 0.2) is 0 Å². The highest BCUT2D eigenvalue weighted by Gasteiger charge is 2.10. The van der Waals surface area contributed by atoms with Crippen molar-refractivity contribution in [3.8, 4) is 5.75 Å². The van der Waals surface area contributed by atoms with Gasteiger partial charge in [0, 0.05) is 13.1 Å². The molecular weight excluding hydrogens is 316 g/mol. The third kappa shape index (κ3) is 5.08. The molecule has 2 rings (SSSR count). The minimum absolute atomic E-state index is 0.793. The predicted octanol–water partition coefficient (Wildman–Crippen LogP) is 3.42. The van der Waals surface area contributed by atoms with E-state index in [1.165, 1.54) is 31.5 Å². The van der Waals surface area contributed by atoms with Crippen LogP contribution < -0.4 is 10.1 Å². The van der Waals surface area contributed by atoms with Gasteiger partial charge in [-0.1, -0.05) is 13.0 Å². The number of hydrogen-bond donors (Lipinski definition) is 1. The second kappa shape index (κ2) is 8.65. The average Bonchev–Trinajstić information content (AvgIpc) is 2.96. The van der Waals surface area contributed by atoms with Gasteiger partial charge in [0.25, 0.3) is 0 Å². The molecule has 0 unspecified atom stereocenters. The van der Waals surface area contributed by atoms with Crippen LogP contribution in [0.1, 0.15) is 31.7 Å². The minimum Gasteiger partial charge on any atom is -0.492 e. The summed E-state index contributed by atoms with van der Waals surface area (Å²) in [5, 5.41) is 3.33. The van der Waals surface area contributed by atoms with Gasteiger partial charge in [0.2, 0.25) is 0 Å². The van der Waals surface area contributed by atoms with E-state index < -0.39 is 0 Å². The van der Waals surface area contributed by atoms with Crippen molar-refractivity contribution in [3.05, 3.63) is 28.2 Å². The zero-order valence-corrected chi connectivity index (χ0v) is 13.9. The molecule has 4 heteroatoms. The van der Waals surface area contributed by atoms with E-state index in [-0.39, 0.29) is 0 Å². The molecule has 0 radical (unpaired) electrons. The van der Waals surface area contributed by atoms with Crippen molar-refractivity contribution in [2.24, 2.45) is 0 Å². The van der Waals surface area contributed by atoms with E-state index in [1.54, 1.807) is 0 Å². The highest BCUT2D eigenvalue weighted by molar-refractivity contribution is 9.10. The van der Waals surface area contributed by atoms with Crippen molar-refractivity contribution in [1.82, 2.24) is 10.2 Å². The Hall–Kier alpha value is -0.580. The van der Waals surface area contributed by atoms with E-state index in [2.05, 4.69) is 51.3 Å². The van der Waals surface area contributed by atoms with E-state index >= 15 is 0 Å². The van der Waals surface area contributed by atoms with Gasteiger partial charge >= 0.3 is 0 Å². The van der Waals surface area contributed by atoms with Gasteiger partial charge in [0.1, 0.15) is 5.75 Å². The first-order chi connectivity index (χ1) is 9.79. The number of benzene rings is 1. The summed E-state index contributed by atoms with van der Waals surface area (Å²) in [6, 6.07) is 6.33. The monoisotopic (exact) mass is 340 g/mol. The van der Waals surface area contributed by atoms with E-state index in [9.17, 15) is 0 Å². The fourth-order valence-electron chi connectivity index (χ4n) is 2.52. The number of ether oxygens (including phenoxy) is 1. The zero-order valence-electron chi connectivity index (χ0n) is 12.3. The molecule has 0 amide bonds. The van der Waals surface area contributed by atoms with Crippen LogP contribution in [0.4, 0.5) is 0 Å². The molecule has 0 bridgehead atoms. The topological polar surface area (TPSA) is 24.5 Å². The predicted molar refractivity (Wildman–Crippen MR) is 87.3 cm³/mol. The normalized spacial score (nSPS) is 15.7. The van der Waals surface area contributed by atoms with Crippen molar-refractivity contribution in [3.63, 3.8) is 0 Å². The van der Waals surface area contributed by atoms with E-state index in [4.69, 9.17) is 4.74 Å². The molecule has 1 aromatic carbocycles. The van der Waals surface area contributed by atoms with Gasteiger partial charge in [0.05, 0.1) is 11.1 Å². The molecule has 1 heterocycles. The summed E-state index contributed by atoms with van der Waals surface area (Å²) in [4.78, 5) is 2.53. The zero-order chi connectivity index (χ0) is 14.2. The summed E-state index contributed by atoms with van der Waals surface area (Å²) in [5.74, 6) is 0.951. The molecule has 0 aliphatic carbocycles. The maximum absolute atomic E-state index is 5.86. The minimum atomic E-state index is 0.793. The molecule has 0 atom stereocenters. The number of hydrogen-bond acceptors (Lipinski definition) is 3. The fraction of sp³-hybridized carbons (Fsp3) is 0.625. The number of nitrogens with one attached hydrogen (secondary N) is 1. The summed E-state index contributed by atoms with van der Waals surface area (Å²) in [6.45, 7) is 8.51. The molecule has 0 saturated carbocycles. The third-order valence-corrected chi connectivity index (χ3v) is 4.27. The van der Waals surface area contributed by atoms with Crippen LogP contribution >= 0.6 is 15.9 Å². The summed E-state index contributed by atoms with van der Waals surface area (Å²) in [5.41, 5.74) is 1.28. The largest absolute Gasteiger partial charge is 0.492 e. The van der Waals surface area contributed by atoms with Gasteiger partial charge < -0.3 is 15.0 Å². The summed E-state index contributed by atoms with van der Waals surface area (Å²) < 4.78 is 6.91. The lowest BCUT2D eigenvalue weighted by Crippen LogP contribution is -2.21. The Labute approximate surface area is 130 Å². The van der Waals surface area contributed by atoms with Crippen LogP contribution in [-0.2, 0) is 6.54 Å². The van der Waals surface area contributed by atoms with Crippen LogP contribution in [0.25, 0.3) is 0 Å². The second-order valence-corrected chi connectivity index (χ2v) is 6.15. The standard InChI is InChI=1S/C16H25BrN2O/c1-2-18-13-14-6-7-16(15(17)12-14)20-11-5-10-19-8-3-4-9-19/h6-7,12,18H,2-5,8-11,13H2,1H3. The summed E-state index contributed by atoms with van der Waals surface area (Å²) >= 11 is 3.59. The molecular formula is C16H25BrN2O. The number of likely N-dealkylation sites (tertiary alicyclic amines) is 1. The van der Waals surface area contributed by atoms with Gasteiger partial charge in [-0.15, -0.1) is 0 Å². The van der Waals surface area contributed by atoms with E-state index in [0.717, 1.165) is 42.9 Å². The molecule has 1 aromatic rings. The number of rotatable bonds is 8. The van der Waals surface area contributed by atoms with Gasteiger partial charge in [-0.3, -0.25) is 0 Å². The maximum Gasteiger partial charge on any atom is 0.133 e. The van der Waals surface area contributed by atoms with E-state index in [1.807, 2.05) is 0 Å². The van der Waals surface area contributed by atoms with Gasteiger partial charge in [-0.25, -0.2) is 0 Å². The second-order valence-electron chi connectivity index (χ2n) is 5.30. The maximum atomic E-state index is 5.86. The highest BCUT2D eigenvalue weighted by Crippen LogP contribution is 2.26. The lowest BCUT2D eigenvalue weighted by molar-refractivity contribution is 0.262. The van der Waals surface area contributed by atoms with Crippen LogP contribution in [0.5, 0.6) is 5.75 Å². The Balaban J connectivity index is 1.71. The SMILES string of the molecule is CCNCc1ccc(OCCCN2CCCC2)c(Br)c1. The fourth-order valence-corrected chi connectivity index (χ4v) is 3.06. The third-order valence-electron chi connectivity index (χ3n) is 3.65. The van der Waals surface area contributed by atoms with Crippen molar-refractivity contribution in [2.45, 2.75) is 32.7 Å². The Morgan fingerprint density at radius 1 is 1.30 bits per heavy atom. The van der Waals surface area contributed by atoms with Crippen LogP contribution in [0, 0.1) is 0 Å². The molecule has 0 aromatic heterocycles. The molecule has 0 spiro atoms. The lowest BCUT2D eigenvalue weighted by Gasteiger charge is -2.15. The molecule has 1 aliphatic heterocycles. The smallest absolute Gasteiger partial charge is 0.133 e. The lowest BCUT2D eigenvalue weighted by atomic mass is 10.2. The summed E-state index contributed by atoms with van der Waals surface area (Å²) in [7, 11) is 0. The van der Waals surface area contributed by atoms with Crippen molar-refractivity contribution < 1.29 is 4.74 Å². The first kappa shape index (κ1) is 15.8. The molecule has 1 aliphatic rings. The van der Waals surface area contributed by atoms with Crippen LogP contribution in [0.15, 0.2) is 22.7 Å². The molecule has 1 N–H and O–H groups in total. The van der Waals surface area contributed by atoms with Gasteiger partial charge in [-0.05, 0) is 72.5 Å². The first-order valence-corrected chi connectivity index (χ1v) is 8.43. The highest BCUT2D eigenvalue weighted by atomic mass is 79.9. The van der Waals surface area contributed by atoms with E-state index in [0.29, 0.717) is 0 Å². The quantitative estimate of drug-likeness (QED) is 0.734. The van der Waals surface area contributed by atoms with Crippen molar-refractivity contribution >= 4 is 15.9 Å².